The van der Waals surface area contributed by atoms with Crippen LogP contribution in [0.25, 0.3) is 6.08 Å². The monoisotopic (exact) mass is 341 g/mol. The first-order valence-corrected chi connectivity index (χ1v) is 9.23. The van der Waals surface area contributed by atoms with Crippen LogP contribution in [-0.2, 0) is 11.8 Å². The number of carbonyl (C=O) groups excluding carboxylic acids is 1. The predicted molar refractivity (Wildman–Crippen MR) is 89.5 cm³/mol. The van der Waals surface area contributed by atoms with Gasteiger partial charge in [0.2, 0.25) is 5.82 Å². The van der Waals surface area contributed by atoms with Gasteiger partial charge in [0.15, 0.2) is 0 Å². The van der Waals surface area contributed by atoms with Crippen LogP contribution in [0.2, 0.25) is 0 Å². The Labute approximate surface area is 133 Å². The molecule has 8 nitrogen and oxygen atoms in total. The number of aromatic nitrogens is 2. The van der Waals surface area contributed by atoms with Crippen molar-refractivity contribution in [2.45, 2.75) is 0 Å². The van der Waals surface area contributed by atoms with Crippen molar-refractivity contribution in [3.05, 3.63) is 27.0 Å². The Balaban J connectivity index is 1.79. The number of nitro groups is 1. The maximum Gasteiger partial charge on any atom is 0.342 e. The Kier molecular flexibility index (Phi) is 4.32. The number of carbonyl (C=O) groups is 1. The lowest BCUT2D eigenvalue weighted by molar-refractivity contribution is -0.391. The van der Waals surface area contributed by atoms with Crippen molar-refractivity contribution in [2.24, 2.45) is 12.0 Å². The molecule has 0 bridgehead atoms. The van der Waals surface area contributed by atoms with Crippen LogP contribution in [0.1, 0.15) is 5.82 Å². The first-order chi connectivity index (χ1) is 10.6. The molecule has 1 saturated heterocycles. The van der Waals surface area contributed by atoms with Crippen molar-refractivity contribution < 1.29 is 9.72 Å². The molecule has 0 spiro atoms. The van der Waals surface area contributed by atoms with Gasteiger partial charge >= 0.3 is 5.82 Å². The molecule has 0 saturated carbocycles. The lowest BCUT2D eigenvalue weighted by atomic mass is 10.4. The second-order valence-corrected chi connectivity index (χ2v) is 8.57. The number of nitrogens with zero attached hydrogens (tertiary/aromatic N) is 4. The van der Waals surface area contributed by atoms with Gasteiger partial charge in [-0.3, -0.25) is 4.79 Å². The van der Waals surface area contributed by atoms with Crippen LogP contribution in [0, 0.1) is 10.1 Å². The molecule has 0 aromatic carbocycles. The van der Waals surface area contributed by atoms with Crippen LogP contribution in [0.5, 0.6) is 0 Å². The molecule has 1 N–H and O–H groups in total. The van der Waals surface area contributed by atoms with E-state index in [0.29, 0.717) is 10.7 Å². The van der Waals surface area contributed by atoms with Crippen LogP contribution in [0.3, 0.4) is 0 Å². The topological polar surface area (TPSA) is 102 Å². The SMILES string of the molecule is Cn1c([N+](=O)[O-])cnc1/C=C1\SC([SH]2CCNCC2)=NC1=O. The third kappa shape index (κ3) is 2.94. The minimum Gasteiger partial charge on any atom is -0.358 e. The van der Waals surface area contributed by atoms with Crippen LogP contribution >= 0.6 is 22.7 Å². The number of rotatable bonds is 2. The molecule has 2 aliphatic heterocycles. The van der Waals surface area contributed by atoms with Crippen molar-refractivity contribution in [3.63, 3.8) is 0 Å². The molecule has 3 heterocycles. The zero-order chi connectivity index (χ0) is 15.7. The van der Waals surface area contributed by atoms with Gasteiger partial charge in [0.05, 0.1) is 12.0 Å². The van der Waals surface area contributed by atoms with Gasteiger partial charge in [-0.2, -0.15) is 4.99 Å². The van der Waals surface area contributed by atoms with E-state index in [9.17, 15) is 14.9 Å². The molecule has 0 radical (unpaired) electrons. The van der Waals surface area contributed by atoms with Gasteiger partial charge in [0, 0.05) is 19.2 Å². The average molecular weight is 341 g/mol. The molecule has 3 rings (SSSR count). The Morgan fingerprint density at radius 1 is 1.50 bits per heavy atom. The molecule has 0 aliphatic carbocycles. The lowest BCUT2D eigenvalue weighted by Crippen LogP contribution is -2.30. The molecule has 10 heteroatoms. The molecule has 118 valence electrons. The minimum absolute atomic E-state index is 0.105. The number of thiol groups is 1. The summed E-state index contributed by atoms with van der Waals surface area (Å²) < 4.78 is 2.27. The summed E-state index contributed by atoms with van der Waals surface area (Å²) in [7, 11) is 1.20. The number of aliphatic imine (C=N–C) groups is 1. The molecular formula is C12H15N5O3S2. The Hall–Kier alpha value is -1.65. The fraction of sp³-hybridized carbons (Fsp3) is 0.417. The molecule has 1 aromatic heterocycles. The van der Waals surface area contributed by atoms with E-state index in [1.807, 2.05) is 0 Å². The van der Waals surface area contributed by atoms with E-state index in [1.54, 1.807) is 13.1 Å². The van der Waals surface area contributed by atoms with E-state index in [-0.39, 0.29) is 22.6 Å². The Bertz CT molecular complexity index is 691. The quantitative estimate of drug-likeness (QED) is 0.359. The summed E-state index contributed by atoms with van der Waals surface area (Å²) in [5.74, 6) is 2.08. The number of imidazole rings is 1. The average Bonchev–Trinajstić information content (AvgIpc) is 3.05. The first-order valence-electron chi connectivity index (χ1n) is 6.70. The van der Waals surface area contributed by atoms with E-state index in [0.717, 1.165) is 29.0 Å². The van der Waals surface area contributed by atoms with Crippen molar-refractivity contribution >= 4 is 44.8 Å². The Morgan fingerprint density at radius 2 is 2.23 bits per heavy atom. The first kappa shape index (κ1) is 15.3. The third-order valence-corrected chi connectivity index (χ3v) is 7.45. The lowest BCUT2D eigenvalue weighted by Gasteiger charge is -2.25. The molecular weight excluding hydrogens is 326 g/mol. The number of hydrogen-bond acceptors (Lipinski definition) is 6. The molecule has 22 heavy (non-hydrogen) atoms. The summed E-state index contributed by atoms with van der Waals surface area (Å²) in [6.07, 6.45) is 2.77. The number of thioether (sulfide) groups is 1. The maximum atomic E-state index is 12.0. The van der Waals surface area contributed by atoms with Gasteiger partial charge in [-0.15, -0.1) is 0 Å². The largest absolute Gasteiger partial charge is 0.358 e. The predicted octanol–water partition coefficient (Wildman–Crippen LogP) is 0.903. The van der Waals surface area contributed by atoms with Crippen molar-refractivity contribution in [1.82, 2.24) is 14.9 Å². The van der Waals surface area contributed by atoms with E-state index < -0.39 is 4.92 Å². The van der Waals surface area contributed by atoms with Crippen molar-refractivity contribution in [2.75, 3.05) is 24.6 Å². The minimum atomic E-state index is -0.501. The van der Waals surface area contributed by atoms with Gasteiger partial charge in [0.25, 0.3) is 5.91 Å². The molecule has 1 aromatic rings. The Morgan fingerprint density at radius 3 is 2.86 bits per heavy atom. The third-order valence-electron chi connectivity index (χ3n) is 3.44. The summed E-state index contributed by atoms with van der Waals surface area (Å²) in [5, 5.41) is 14.1. The molecule has 1 fully saturated rings. The van der Waals surface area contributed by atoms with Crippen LogP contribution in [-0.4, -0.2) is 49.4 Å². The highest BCUT2D eigenvalue weighted by molar-refractivity contribution is 8.49. The van der Waals surface area contributed by atoms with Crippen molar-refractivity contribution in [1.29, 1.82) is 0 Å². The van der Waals surface area contributed by atoms with Gasteiger partial charge in [-0.1, -0.05) is 11.8 Å². The second-order valence-electron chi connectivity index (χ2n) is 4.84. The molecule has 1 amide bonds. The van der Waals surface area contributed by atoms with E-state index in [2.05, 4.69) is 15.3 Å². The highest BCUT2D eigenvalue weighted by Crippen LogP contribution is 2.42. The summed E-state index contributed by atoms with van der Waals surface area (Å²) in [5.41, 5.74) is 0. The van der Waals surface area contributed by atoms with Gasteiger partial charge in [-0.05, 0) is 16.4 Å². The fourth-order valence-corrected chi connectivity index (χ4v) is 5.90. The smallest absolute Gasteiger partial charge is 0.342 e. The van der Waals surface area contributed by atoms with Crippen LogP contribution in [0.4, 0.5) is 5.82 Å². The van der Waals surface area contributed by atoms with Gasteiger partial charge in [-0.25, -0.2) is 20.4 Å². The van der Waals surface area contributed by atoms with Crippen molar-refractivity contribution in [3.8, 4) is 0 Å². The van der Waals surface area contributed by atoms with E-state index in [1.165, 1.54) is 22.5 Å². The van der Waals surface area contributed by atoms with Crippen LogP contribution < -0.4 is 5.32 Å². The van der Waals surface area contributed by atoms with Gasteiger partial charge in [0.1, 0.15) is 10.6 Å². The molecule has 2 aliphatic rings. The molecule has 0 atom stereocenters. The normalized spacial score (nSPS) is 22.2. The van der Waals surface area contributed by atoms with Gasteiger partial charge < -0.3 is 15.4 Å². The highest BCUT2D eigenvalue weighted by Gasteiger charge is 2.28. The van der Waals surface area contributed by atoms with Crippen LogP contribution in [0.15, 0.2) is 16.1 Å². The number of nitrogens with one attached hydrogen (secondary N) is 1. The summed E-state index contributed by atoms with van der Waals surface area (Å²) in [6.45, 7) is 1.92. The maximum absolute atomic E-state index is 12.0. The standard InChI is InChI=1S/C12H15N5O3S2/c1-16-9(14-7-10(16)17(19)20)6-8-11(18)15-12(21-8)22-4-2-13-3-5-22/h6-7,13,22H,2-5H2,1H3/b8-6-. The number of amides is 1. The second kappa shape index (κ2) is 6.23. The van der Waals surface area contributed by atoms with E-state index in [4.69, 9.17) is 0 Å². The number of hydrogen-bond donors (Lipinski definition) is 2. The summed E-state index contributed by atoms with van der Waals surface area (Å²) >= 11 is 1.39. The highest BCUT2D eigenvalue weighted by atomic mass is 32.2. The zero-order valence-electron chi connectivity index (χ0n) is 11.9. The summed E-state index contributed by atoms with van der Waals surface area (Å²) in [4.78, 5) is 31.0. The zero-order valence-corrected chi connectivity index (χ0v) is 13.6. The fourth-order valence-electron chi connectivity index (χ4n) is 2.22. The summed E-state index contributed by atoms with van der Waals surface area (Å²) in [6, 6.07) is 0. The van der Waals surface area contributed by atoms with E-state index >= 15 is 0 Å². The molecule has 0 unspecified atom stereocenters.